The zero-order valence-electron chi connectivity index (χ0n) is 9.99. The molecule has 2 unspecified atom stereocenters. The third-order valence-corrected chi connectivity index (χ3v) is 3.41. The van der Waals surface area contributed by atoms with Crippen molar-refractivity contribution < 1.29 is 14.6 Å². The molecule has 88 valence electrons. The Morgan fingerprint density at radius 2 is 2.13 bits per heavy atom. The number of nitrogens with zero attached hydrogens (tertiary/aromatic N) is 1. The normalized spacial score (nSPS) is 28.1. The number of carbonyl (C=O) groups is 1. The van der Waals surface area contributed by atoms with Gasteiger partial charge >= 0.3 is 5.97 Å². The molecule has 0 aromatic rings. The van der Waals surface area contributed by atoms with Gasteiger partial charge in [0.1, 0.15) is 5.54 Å². The quantitative estimate of drug-likeness (QED) is 0.772. The number of aliphatic carboxylic acids is 1. The van der Waals surface area contributed by atoms with Crippen LogP contribution in [-0.4, -0.2) is 47.3 Å². The molecule has 0 aliphatic carbocycles. The first-order valence-electron chi connectivity index (χ1n) is 5.43. The lowest BCUT2D eigenvalue weighted by Gasteiger charge is -2.41. The Hall–Kier alpha value is -0.610. The van der Waals surface area contributed by atoms with E-state index in [4.69, 9.17) is 9.84 Å². The topological polar surface area (TPSA) is 49.8 Å². The maximum atomic E-state index is 11.1. The van der Waals surface area contributed by atoms with Crippen LogP contribution in [0.5, 0.6) is 0 Å². The molecule has 4 nitrogen and oxygen atoms in total. The number of ether oxygens (including phenoxy) is 1. The van der Waals surface area contributed by atoms with E-state index in [1.165, 1.54) is 0 Å². The van der Waals surface area contributed by atoms with E-state index in [-0.39, 0.29) is 6.10 Å². The van der Waals surface area contributed by atoms with E-state index >= 15 is 0 Å². The van der Waals surface area contributed by atoms with E-state index in [2.05, 4.69) is 0 Å². The van der Waals surface area contributed by atoms with Gasteiger partial charge in [-0.2, -0.15) is 0 Å². The Morgan fingerprint density at radius 3 is 2.60 bits per heavy atom. The number of hydrogen-bond donors (Lipinski definition) is 1. The summed E-state index contributed by atoms with van der Waals surface area (Å²) in [7, 11) is 1.89. The highest BCUT2D eigenvalue weighted by Gasteiger charge is 2.37. The van der Waals surface area contributed by atoms with Crippen LogP contribution in [0, 0.1) is 0 Å². The van der Waals surface area contributed by atoms with Crippen LogP contribution in [0.2, 0.25) is 0 Å². The Morgan fingerprint density at radius 1 is 1.53 bits per heavy atom. The van der Waals surface area contributed by atoms with Crippen molar-refractivity contribution in [1.29, 1.82) is 0 Å². The highest BCUT2D eigenvalue weighted by molar-refractivity contribution is 5.77. The largest absolute Gasteiger partial charge is 0.480 e. The van der Waals surface area contributed by atoms with Gasteiger partial charge in [0, 0.05) is 12.6 Å². The Kier molecular flexibility index (Phi) is 3.73. The number of likely N-dealkylation sites (N-methyl/N-ethyl adjacent to an activating group) is 1. The minimum Gasteiger partial charge on any atom is -0.480 e. The molecule has 2 atom stereocenters. The fraction of sp³-hybridized carbons (Fsp3) is 0.909. The molecule has 1 heterocycles. The van der Waals surface area contributed by atoms with E-state index in [1.54, 1.807) is 13.8 Å². The first-order chi connectivity index (χ1) is 6.85. The van der Waals surface area contributed by atoms with Gasteiger partial charge in [0.15, 0.2) is 0 Å². The highest BCUT2D eigenvalue weighted by Crippen LogP contribution is 2.24. The average Bonchev–Trinajstić information content (AvgIpc) is 2.16. The summed E-state index contributed by atoms with van der Waals surface area (Å²) >= 11 is 0. The number of carboxylic acids is 1. The lowest BCUT2D eigenvalue weighted by atomic mass is 9.95. The maximum Gasteiger partial charge on any atom is 0.323 e. The van der Waals surface area contributed by atoms with Crippen LogP contribution in [0.4, 0.5) is 0 Å². The second-order valence-electron chi connectivity index (χ2n) is 4.83. The van der Waals surface area contributed by atoms with E-state index in [0.29, 0.717) is 6.04 Å². The summed E-state index contributed by atoms with van der Waals surface area (Å²) in [5.41, 5.74) is -0.804. The van der Waals surface area contributed by atoms with Crippen molar-refractivity contribution in [3.8, 4) is 0 Å². The smallest absolute Gasteiger partial charge is 0.323 e. The van der Waals surface area contributed by atoms with Gasteiger partial charge < -0.3 is 9.84 Å². The van der Waals surface area contributed by atoms with Crippen molar-refractivity contribution in [2.45, 2.75) is 51.3 Å². The van der Waals surface area contributed by atoms with Crippen molar-refractivity contribution in [3.63, 3.8) is 0 Å². The molecule has 0 aromatic carbocycles. The second kappa shape index (κ2) is 4.49. The molecule has 0 radical (unpaired) electrons. The van der Waals surface area contributed by atoms with Gasteiger partial charge in [-0.3, -0.25) is 9.69 Å². The highest BCUT2D eigenvalue weighted by atomic mass is 16.5. The third kappa shape index (κ3) is 2.69. The predicted molar refractivity (Wildman–Crippen MR) is 57.9 cm³/mol. The first-order valence-corrected chi connectivity index (χ1v) is 5.43. The monoisotopic (exact) mass is 215 g/mol. The molecule has 1 saturated heterocycles. The van der Waals surface area contributed by atoms with Crippen molar-refractivity contribution in [1.82, 2.24) is 4.90 Å². The summed E-state index contributed by atoms with van der Waals surface area (Å²) < 4.78 is 5.46. The van der Waals surface area contributed by atoms with Gasteiger partial charge in [-0.25, -0.2) is 0 Å². The van der Waals surface area contributed by atoms with Gasteiger partial charge in [-0.1, -0.05) is 0 Å². The van der Waals surface area contributed by atoms with E-state index in [1.807, 2.05) is 18.9 Å². The third-order valence-electron chi connectivity index (χ3n) is 3.41. The molecule has 0 saturated carbocycles. The van der Waals surface area contributed by atoms with E-state index in [9.17, 15) is 4.79 Å². The van der Waals surface area contributed by atoms with Crippen molar-refractivity contribution >= 4 is 5.97 Å². The van der Waals surface area contributed by atoms with Crippen LogP contribution in [0.15, 0.2) is 0 Å². The first kappa shape index (κ1) is 12.5. The summed E-state index contributed by atoms with van der Waals surface area (Å²) in [5.74, 6) is -0.774. The standard InChI is InChI=1S/C11H21NO3/c1-8-7-9(5-6-15-8)12(4)11(2,3)10(13)14/h8-9H,5-7H2,1-4H3,(H,13,14). The SMILES string of the molecule is CC1CC(N(C)C(C)(C)C(=O)O)CCO1. The summed E-state index contributed by atoms with van der Waals surface area (Å²) in [6.45, 7) is 6.25. The second-order valence-corrected chi connectivity index (χ2v) is 4.83. The minimum absolute atomic E-state index is 0.232. The molecule has 4 heteroatoms. The molecule has 0 aromatic heterocycles. The molecule has 1 aliphatic rings. The van der Waals surface area contributed by atoms with Crippen LogP contribution >= 0.6 is 0 Å². The minimum atomic E-state index is -0.804. The molecular formula is C11H21NO3. The van der Waals surface area contributed by atoms with Gasteiger partial charge in [-0.15, -0.1) is 0 Å². The van der Waals surface area contributed by atoms with Crippen molar-refractivity contribution in [2.75, 3.05) is 13.7 Å². The molecule has 15 heavy (non-hydrogen) atoms. The summed E-state index contributed by atoms with van der Waals surface area (Å²) in [4.78, 5) is 13.1. The van der Waals surface area contributed by atoms with Gasteiger partial charge in [0.2, 0.25) is 0 Å². The molecule has 1 rings (SSSR count). The summed E-state index contributed by atoms with van der Waals surface area (Å²) in [6.07, 6.45) is 2.06. The lowest BCUT2D eigenvalue weighted by molar-refractivity contribution is -0.151. The Bertz CT molecular complexity index is 240. The van der Waals surface area contributed by atoms with Crippen molar-refractivity contribution in [3.05, 3.63) is 0 Å². The molecule has 1 N–H and O–H groups in total. The predicted octanol–water partition coefficient (Wildman–Crippen LogP) is 1.35. The summed E-state index contributed by atoms with van der Waals surface area (Å²) in [5, 5.41) is 9.14. The molecule has 0 spiro atoms. The molecule has 1 fully saturated rings. The number of hydrogen-bond acceptors (Lipinski definition) is 3. The van der Waals surface area contributed by atoms with Crippen LogP contribution in [-0.2, 0) is 9.53 Å². The number of carboxylic acid groups (broad SMARTS) is 1. The van der Waals surface area contributed by atoms with Crippen LogP contribution in [0.3, 0.4) is 0 Å². The molecule has 0 amide bonds. The van der Waals surface area contributed by atoms with E-state index in [0.717, 1.165) is 19.4 Å². The van der Waals surface area contributed by atoms with E-state index < -0.39 is 11.5 Å². The zero-order valence-corrected chi connectivity index (χ0v) is 9.99. The Labute approximate surface area is 91.2 Å². The van der Waals surface area contributed by atoms with Crippen LogP contribution in [0.25, 0.3) is 0 Å². The molecular weight excluding hydrogens is 194 g/mol. The van der Waals surface area contributed by atoms with Gasteiger partial charge in [0.25, 0.3) is 0 Å². The van der Waals surface area contributed by atoms with Crippen LogP contribution in [0.1, 0.15) is 33.6 Å². The van der Waals surface area contributed by atoms with Crippen molar-refractivity contribution in [2.24, 2.45) is 0 Å². The van der Waals surface area contributed by atoms with Gasteiger partial charge in [-0.05, 0) is 40.7 Å². The lowest BCUT2D eigenvalue weighted by Crippen LogP contribution is -2.54. The maximum absolute atomic E-state index is 11.1. The number of rotatable bonds is 3. The fourth-order valence-corrected chi connectivity index (χ4v) is 1.93. The summed E-state index contributed by atoms with van der Waals surface area (Å²) in [6, 6.07) is 0.305. The Balaban J connectivity index is 2.66. The zero-order chi connectivity index (χ0) is 11.6. The van der Waals surface area contributed by atoms with Gasteiger partial charge in [0.05, 0.1) is 6.10 Å². The fourth-order valence-electron chi connectivity index (χ4n) is 1.93. The average molecular weight is 215 g/mol. The van der Waals surface area contributed by atoms with Crippen LogP contribution < -0.4 is 0 Å². The molecule has 1 aliphatic heterocycles. The molecule has 0 bridgehead atoms.